The number of nitrogens with one attached hydrogen (secondary N) is 2. The van der Waals surface area contributed by atoms with Crippen LogP contribution in [0.1, 0.15) is 40.7 Å². The lowest BCUT2D eigenvalue weighted by Gasteiger charge is -2.27. The lowest BCUT2D eigenvalue weighted by Crippen LogP contribution is -2.55. The maximum Gasteiger partial charge on any atom is 0.303 e. The molecule has 0 aromatic heterocycles. The van der Waals surface area contributed by atoms with Gasteiger partial charge < -0.3 is 10.4 Å². The van der Waals surface area contributed by atoms with E-state index in [2.05, 4.69) is 10.6 Å². The monoisotopic (exact) mass is 499 g/mol. The third-order valence-electron chi connectivity index (χ3n) is 6.88. The Morgan fingerprint density at radius 2 is 1.65 bits per heavy atom. The number of aliphatic carboxylic acids is 1. The fourth-order valence-corrected chi connectivity index (χ4v) is 5.14. The molecule has 2 atom stereocenters. The lowest BCUT2D eigenvalue weighted by molar-refractivity contribution is -0.140. The van der Waals surface area contributed by atoms with Gasteiger partial charge in [0.1, 0.15) is 12.1 Å². The molecule has 3 N–H and O–H groups in total. The first-order chi connectivity index (χ1) is 17.8. The number of anilines is 1. The van der Waals surface area contributed by atoms with E-state index in [1.165, 1.54) is 4.90 Å². The van der Waals surface area contributed by atoms with Gasteiger partial charge in [0.2, 0.25) is 17.7 Å². The van der Waals surface area contributed by atoms with Crippen molar-refractivity contribution in [3.05, 3.63) is 77.4 Å². The Bertz CT molecular complexity index is 1440. The Morgan fingerprint density at radius 3 is 2.46 bits per heavy atom. The number of carboxylic acids is 1. The standard InChI is InChI=1S/C28H25N3O6/c32-23(13-14-24(33)34)30-27(36)22-15-18-8-3-7-17-11-12-21(28(37)31(22)25(17)18)29-26(35)20-10-4-6-16-5-1-2-9-19(16)20/h1-10,21-22H,11-15H2,(H,29,35)(H,33,34)(H,30,32,36). The van der Waals surface area contributed by atoms with Gasteiger partial charge in [0.05, 0.1) is 12.1 Å². The van der Waals surface area contributed by atoms with Crippen molar-refractivity contribution in [2.24, 2.45) is 0 Å². The van der Waals surface area contributed by atoms with Crippen molar-refractivity contribution < 1.29 is 29.1 Å². The van der Waals surface area contributed by atoms with E-state index >= 15 is 0 Å². The molecule has 0 saturated carbocycles. The van der Waals surface area contributed by atoms with E-state index in [4.69, 9.17) is 5.11 Å². The van der Waals surface area contributed by atoms with Gasteiger partial charge in [-0.15, -0.1) is 0 Å². The molecule has 37 heavy (non-hydrogen) atoms. The van der Waals surface area contributed by atoms with Crippen molar-refractivity contribution in [2.45, 2.75) is 44.2 Å². The Morgan fingerprint density at radius 1 is 0.919 bits per heavy atom. The molecule has 0 bridgehead atoms. The third kappa shape index (κ3) is 4.67. The van der Waals surface area contributed by atoms with Crippen LogP contribution in [0.5, 0.6) is 0 Å². The Labute approximate surface area is 212 Å². The molecule has 0 radical (unpaired) electrons. The third-order valence-corrected chi connectivity index (χ3v) is 6.88. The summed E-state index contributed by atoms with van der Waals surface area (Å²) in [5, 5.41) is 15.6. The first kappa shape index (κ1) is 24.2. The number of hydrogen-bond acceptors (Lipinski definition) is 5. The molecule has 4 amide bonds. The van der Waals surface area contributed by atoms with Crippen LogP contribution in [0.15, 0.2) is 60.7 Å². The van der Waals surface area contributed by atoms with E-state index in [1.807, 2.05) is 48.5 Å². The molecule has 0 spiro atoms. The summed E-state index contributed by atoms with van der Waals surface area (Å²) >= 11 is 0. The zero-order valence-corrected chi connectivity index (χ0v) is 19.9. The van der Waals surface area contributed by atoms with E-state index in [-0.39, 0.29) is 18.7 Å². The van der Waals surface area contributed by atoms with Gasteiger partial charge in [0, 0.05) is 18.4 Å². The van der Waals surface area contributed by atoms with Crippen molar-refractivity contribution in [3.8, 4) is 0 Å². The first-order valence-electron chi connectivity index (χ1n) is 12.1. The minimum atomic E-state index is -1.15. The number of nitrogens with zero attached hydrogens (tertiary/aromatic N) is 1. The number of imide groups is 1. The number of carboxylic acid groups (broad SMARTS) is 1. The summed E-state index contributed by atoms with van der Waals surface area (Å²) in [6.07, 6.45) is 0.353. The molecule has 2 aliphatic heterocycles. The molecule has 0 saturated heterocycles. The van der Waals surface area contributed by atoms with Crippen LogP contribution in [0, 0.1) is 0 Å². The Hall–Kier alpha value is -4.53. The van der Waals surface area contributed by atoms with E-state index in [0.717, 1.165) is 21.9 Å². The number of para-hydroxylation sites is 1. The van der Waals surface area contributed by atoms with Crippen LogP contribution in [-0.4, -0.2) is 46.8 Å². The Kier molecular flexibility index (Phi) is 6.43. The van der Waals surface area contributed by atoms with E-state index in [1.54, 1.807) is 12.1 Å². The molecule has 3 aromatic carbocycles. The summed E-state index contributed by atoms with van der Waals surface area (Å²) in [4.78, 5) is 64.4. The lowest BCUT2D eigenvalue weighted by atomic mass is 10.0. The van der Waals surface area contributed by atoms with Crippen molar-refractivity contribution in [1.82, 2.24) is 10.6 Å². The van der Waals surface area contributed by atoms with Crippen molar-refractivity contribution in [2.75, 3.05) is 4.90 Å². The molecule has 188 valence electrons. The topological polar surface area (TPSA) is 133 Å². The van der Waals surface area contributed by atoms with E-state index in [0.29, 0.717) is 24.1 Å². The summed E-state index contributed by atoms with van der Waals surface area (Å²) in [6, 6.07) is 16.6. The van der Waals surface area contributed by atoms with Crippen LogP contribution >= 0.6 is 0 Å². The van der Waals surface area contributed by atoms with Gasteiger partial charge in [-0.05, 0) is 40.8 Å². The van der Waals surface area contributed by atoms with Crippen molar-refractivity contribution in [3.63, 3.8) is 0 Å². The zero-order valence-electron chi connectivity index (χ0n) is 19.9. The quantitative estimate of drug-likeness (QED) is 0.477. The summed E-state index contributed by atoms with van der Waals surface area (Å²) in [5.41, 5.74) is 2.80. The summed E-state index contributed by atoms with van der Waals surface area (Å²) in [6.45, 7) is 0. The number of benzene rings is 3. The van der Waals surface area contributed by atoms with Gasteiger partial charge in [-0.2, -0.15) is 0 Å². The molecule has 2 unspecified atom stereocenters. The highest BCUT2D eigenvalue weighted by Gasteiger charge is 2.44. The van der Waals surface area contributed by atoms with Gasteiger partial charge in [-0.3, -0.25) is 34.2 Å². The molecule has 0 aliphatic carbocycles. The average Bonchev–Trinajstić information content (AvgIpc) is 3.23. The summed E-state index contributed by atoms with van der Waals surface area (Å²) in [5.74, 6) is -3.34. The fourth-order valence-electron chi connectivity index (χ4n) is 5.14. The van der Waals surface area contributed by atoms with Gasteiger partial charge in [-0.25, -0.2) is 0 Å². The molecule has 5 rings (SSSR count). The van der Waals surface area contributed by atoms with Crippen molar-refractivity contribution >= 4 is 46.1 Å². The van der Waals surface area contributed by atoms with E-state index < -0.39 is 42.2 Å². The number of rotatable bonds is 6. The number of amides is 4. The minimum absolute atomic E-state index is 0.219. The smallest absolute Gasteiger partial charge is 0.303 e. The molecule has 3 aromatic rings. The minimum Gasteiger partial charge on any atom is -0.481 e. The number of carbonyl (C=O) groups excluding carboxylic acids is 4. The second-order valence-electron chi connectivity index (χ2n) is 9.25. The second-order valence-corrected chi connectivity index (χ2v) is 9.25. The maximum absolute atomic E-state index is 13.8. The molecule has 0 fully saturated rings. The molecular weight excluding hydrogens is 474 g/mol. The zero-order chi connectivity index (χ0) is 26.1. The van der Waals surface area contributed by atoms with Crippen LogP contribution in [0.4, 0.5) is 5.69 Å². The summed E-state index contributed by atoms with van der Waals surface area (Å²) < 4.78 is 0. The molecule has 9 nitrogen and oxygen atoms in total. The SMILES string of the molecule is O=C(O)CCC(=O)NC(=O)C1Cc2cccc3c2N1C(=O)C(NC(=O)c1cccc2ccccc12)CC3. The van der Waals surface area contributed by atoms with E-state index in [9.17, 15) is 24.0 Å². The molecule has 9 heteroatoms. The number of carbonyl (C=O) groups is 5. The summed E-state index contributed by atoms with van der Waals surface area (Å²) in [7, 11) is 0. The highest BCUT2D eigenvalue weighted by molar-refractivity contribution is 6.12. The highest BCUT2D eigenvalue weighted by atomic mass is 16.4. The Balaban J connectivity index is 1.40. The normalized spacial score (nSPS) is 18.2. The van der Waals surface area contributed by atoms with Crippen molar-refractivity contribution in [1.29, 1.82) is 0 Å². The van der Waals surface area contributed by atoms with Crippen LogP contribution in [0.25, 0.3) is 10.8 Å². The number of hydrogen-bond donors (Lipinski definition) is 3. The van der Waals surface area contributed by atoms with Gasteiger partial charge >= 0.3 is 5.97 Å². The van der Waals surface area contributed by atoms with Crippen LogP contribution in [-0.2, 0) is 32.0 Å². The molecule has 2 heterocycles. The maximum atomic E-state index is 13.8. The first-order valence-corrected chi connectivity index (χ1v) is 12.1. The highest BCUT2D eigenvalue weighted by Crippen LogP contribution is 2.39. The van der Waals surface area contributed by atoms with Crippen LogP contribution in [0.2, 0.25) is 0 Å². The predicted octanol–water partition coefficient (Wildman–Crippen LogP) is 2.35. The predicted molar refractivity (Wildman–Crippen MR) is 135 cm³/mol. The molecular formula is C28H25N3O6. The number of aryl methyl sites for hydroxylation is 1. The second kappa shape index (κ2) is 9.85. The number of fused-ring (bicyclic) bond motifs is 1. The molecule has 2 aliphatic rings. The largest absolute Gasteiger partial charge is 0.481 e. The van der Waals surface area contributed by atoms with Gasteiger partial charge in [0.15, 0.2) is 0 Å². The average molecular weight is 500 g/mol. The van der Waals surface area contributed by atoms with Crippen LogP contribution in [0.3, 0.4) is 0 Å². The van der Waals surface area contributed by atoms with Crippen LogP contribution < -0.4 is 15.5 Å². The fraction of sp³-hybridized carbons (Fsp3) is 0.250. The van der Waals surface area contributed by atoms with Gasteiger partial charge in [-0.1, -0.05) is 54.6 Å². The van der Waals surface area contributed by atoms with Gasteiger partial charge in [0.25, 0.3) is 5.91 Å².